The average Bonchev–Trinajstić information content (AvgIpc) is 2.96. The Morgan fingerprint density at radius 3 is 2.54 bits per heavy atom. The lowest BCUT2D eigenvalue weighted by Crippen LogP contribution is -2.13. The molecule has 26 heavy (non-hydrogen) atoms. The number of pyridine rings is 1. The van der Waals surface area contributed by atoms with Gasteiger partial charge in [0.15, 0.2) is 5.65 Å². The minimum absolute atomic E-state index is 0.141. The second kappa shape index (κ2) is 7.19. The Bertz CT molecular complexity index is 950. The Labute approximate surface area is 149 Å². The van der Waals surface area contributed by atoms with Crippen LogP contribution in [0.25, 0.3) is 22.3 Å². The molecule has 0 atom stereocenters. The minimum Gasteiger partial charge on any atom is -0.468 e. The number of hydrogen-bond acceptors (Lipinski definition) is 4. The van der Waals surface area contributed by atoms with Gasteiger partial charge in [0, 0.05) is 11.1 Å². The summed E-state index contributed by atoms with van der Waals surface area (Å²) in [5, 5.41) is 4.48. The molecule has 0 bridgehead atoms. The summed E-state index contributed by atoms with van der Waals surface area (Å²) in [6.45, 7) is 3.48. The van der Waals surface area contributed by atoms with E-state index in [1.54, 1.807) is 6.92 Å². The fraction of sp³-hybridized carbons (Fsp3) is 0.316. The van der Waals surface area contributed by atoms with Crippen LogP contribution in [0.3, 0.4) is 0 Å². The van der Waals surface area contributed by atoms with Crippen molar-refractivity contribution in [1.82, 2.24) is 14.8 Å². The van der Waals surface area contributed by atoms with Crippen LogP contribution in [-0.4, -0.2) is 27.8 Å². The van der Waals surface area contributed by atoms with Crippen LogP contribution in [0.15, 0.2) is 30.3 Å². The number of alkyl halides is 2. The summed E-state index contributed by atoms with van der Waals surface area (Å²) in [4.78, 5) is 16.1. The first kappa shape index (κ1) is 18.0. The van der Waals surface area contributed by atoms with Crippen LogP contribution >= 0.6 is 0 Å². The van der Waals surface area contributed by atoms with Crippen LogP contribution in [0.5, 0.6) is 0 Å². The molecule has 7 heteroatoms. The van der Waals surface area contributed by atoms with E-state index in [2.05, 4.69) is 14.8 Å². The molecular formula is C19H19F2N3O2. The molecule has 3 aromatic rings. The van der Waals surface area contributed by atoms with Gasteiger partial charge >= 0.3 is 5.97 Å². The van der Waals surface area contributed by atoms with Gasteiger partial charge in [-0.15, -0.1) is 0 Å². The Balaban J connectivity index is 2.21. The van der Waals surface area contributed by atoms with Crippen LogP contribution in [0.1, 0.15) is 30.2 Å². The van der Waals surface area contributed by atoms with Crippen molar-refractivity contribution in [2.75, 3.05) is 7.11 Å². The lowest BCUT2D eigenvalue weighted by atomic mass is 10.0. The van der Waals surface area contributed by atoms with Crippen molar-refractivity contribution in [2.24, 2.45) is 0 Å². The van der Waals surface area contributed by atoms with E-state index >= 15 is 0 Å². The molecule has 2 heterocycles. The number of aryl methyl sites for hydroxylation is 2. The SMILES string of the molecule is CCc1ccc(-c2cc(C(F)F)c3c(C)nn(CC(=O)OC)c3n2)cc1. The summed E-state index contributed by atoms with van der Waals surface area (Å²) in [6.07, 6.45) is -1.79. The van der Waals surface area contributed by atoms with Crippen molar-refractivity contribution in [3.63, 3.8) is 0 Å². The minimum atomic E-state index is -2.68. The van der Waals surface area contributed by atoms with E-state index in [0.29, 0.717) is 11.4 Å². The van der Waals surface area contributed by atoms with Crippen molar-refractivity contribution < 1.29 is 18.3 Å². The monoisotopic (exact) mass is 359 g/mol. The van der Waals surface area contributed by atoms with Gasteiger partial charge in [-0.05, 0) is 25.0 Å². The Kier molecular flexibility index (Phi) is 4.97. The summed E-state index contributed by atoms with van der Waals surface area (Å²) in [6, 6.07) is 9.00. The summed E-state index contributed by atoms with van der Waals surface area (Å²) in [7, 11) is 1.26. The summed E-state index contributed by atoms with van der Waals surface area (Å²) >= 11 is 0. The molecule has 0 N–H and O–H groups in total. The van der Waals surface area contributed by atoms with Crippen LogP contribution in [-0.2, 0) is 22.5 Å². The van der Waals surface area contributed by atoms with Crippen molar-refractivity contribution in [3.8, 4) is 11.3 Å². The zero-order valence-electron chi connectivity index (χ0n) is 14.8. The van der Waals surface area contributed by atoms with E-state index in [9.17, 15) is 13.6 Å². The fourth-order valence-electron chi connectivity index (χ4n) is 2.91. The predicted molar refractivity (Wildman–Crippen MR) is 94.1 cm³/mol. The fourth-order valence-corrected chi connectivity index (χ4v) is 2.91. The molecule has 1 aromatic carbocycles. The van der Waals surface area contributed by atoms with Crippen molar-refractivity contribution >= 4 is 17.0 Å². The number of ether oxygens (including phenoxy) is 1. The van der Waals surface area contributed by atoms with Gasteiger partial charge in [-0.3, -0.25) is 4.79 Å². The number of aromatic nitrogens is 3. The van der Waals surface area contributed by atoms with Crippen molar-refractivity contribution in [1.29, 1.82) is 0 Å². The first-order valence-electron chi connectivity index (χ1n) is 8.27. The van der Waals surface area contributed by atoms with Crippen LogP contribution in [0.4, 0.5) is 8.78 Å². The van der Waals surface area contributed by atoms with Crippen LogP contribution in [0, 0.1) is 6.92 Å². The third kappa shape index (κ3) is 3.29. The van der Waals surface area contributed by atoms with Gasteiger partial charge in [0.1, 0.15) is 6.54 Å². The van der Waals surface area contributed by atoms with E-state index in [1.807, 2.05) is 31.2 Å². The highest BCUT2D eigenvalue weighted by Gasteiger charge is 2.22. The second-order valence-electron chi connectivity index (χ2n) is 5.97. The summed E-state index contributed by atoms with van der Waals surface area (Å²) in [5.74, 6) is -0.521. The van der Waals surface area contributed by atoms with Gasteiger partial charge in [0.05, 0.1) is 23.9 Å². The maximum Gasteiger partial charge on any atom is 0.327 e. The standard InChI is InChI=1S/C19H19F2N3O2/c1-4-12-5-7-13(8-6-12)15-9-14(18(20)21)17-11(2)23-24(19(17)22-15)10-16(25)26-3/h5-9,18H,4,10H2,1-3H3. The van der Waals surface area contributed by atoms with Gasteiger partial charge in [-0.2, -0.15) is 5.10 Å². The van der Waals surface area contributed by atoms with E-state index in [0.717, 1.165) is 17.5 Å². The highest BCUT2D eigenvalue weighted by molar-refractivity contribution is 5.86. The quantitative estimate of drug-likeness (QED) is 0.644. The molecule has 0 radical (unpaired) electrons. The van der Waals surface area contributed by atoms with Gasteiger partial charge < -0.3 is 4.74 Å². The molecular weight excluding hydrogens is 340 g/mol. The predicted octanol–water partition coefficient (Wildman–Crippen LogP) is 4.08. The molecule has 0 saturated carbocycles. The molecule has 2 aromatic heterocycles. The van der Waals surface area contributed by atoms with E-state index in [-0.39, 0.29) is 23.1 Å². The number of halogens is 2. The summed E-state index contributed by atoms with van der Waals surface area (Å²) in [5.41, 5.74) is 2.81. The third-order valence-electron chi connectivity index (χ3n) is 4.31. The van der Waals surface area contributed by atoms with Crippen molar-refractivity contribution in [3.05, 3.63) is 47.2 Å². The molecule has 3 rings (SSSR count). The first-order valence-corrected chi connectivity index (χ1v) is 8.27. The number of methoxy groups -OCH3 is 1. The lowest BCUT2D eigenvalue weighted by Gasteiger charge is -2.09. The number of benzene rings is 1. The molecule has 0 amide bonds. The molecule has 0 unspecified atom stereocenters. The zero-order valence-corrected chi connectivity index (χ0v) is 14.8. The number of rotatable bonds is 5. The molecule has 0 aliphatic rings. The van der Waals surface area contributed by atoms with Gasteiger partial charge in [-0.25, -0.2) is 18.4 Å². The largest absolute Gasteiger partial charge is 0.468 e. The molecule has 0 aliphatic carbocycles. The number of fused-ring (bicyclic) bond motifs is 1. The Morgan fingerprint density at radius 2 is 1.96 bits per heavy atom. The van der Waals surface area contributed by atoms with Crippen LogP contribution in [0.2, 0.25) is 0 Å². The molecule has 136 valence electrons. The molecule has 0 saturated heterocycles. The topological polar surface area (TPSA) is 57.0 Å². The van der Waals surface area contributed by atoms with Gasteiger partial charge in [-0.1, -0.05) is 31.2 Å². The van der Waals surface area contributed by atoms with E-state index < -0.39 is 12.4 Å². The Morgan fingerprint density at radius 1 is 1.27 bits per heavy atom. The molecule has 0 fully saturated rings. The second-order valence-corrected chi connectivity index (χ2v) is 5.97. The summed E-state index contributed by atoms with van der Waals surface area (Å²) < 4.78 is 33.3. The van der Waals surface area contributed by atoms with Crippen LogP contribution < -0.4 is 0 Å². The normalized spacial score (nSPS) is 11.3. The number of hydrogen-bond donors (Lipinski definition) is 0. The van der Waals surface area contributed by atoms with Gasteiger partial charge in [0.2, 0.25) is 0 Å². The molecule has 0 spiro atoms. The maximum atomic E-state index is 13.7. The average molecular weight is 359 g/mol. The molecule has 0 aliphatic heterocycles. The number of carbonyl (C=O) groups is 1. The number of carbonyl (C=O) groups excluding carboxylic acids is 1. The maximum absolute atomic E-state index is 13.7. The smallest absolute Gasteiger partial charge is 0.327 e. The van der Waals surface area contributed by atoms with Crippen molar-refractivity contribution in [2.45, 2.75) is 33.2 Å². The van der Waals surface area contributed by atoms with Gasteiger partial charge in [0.25, 0.3) is 6.43 Å². The highest BCUT2D eigenvalue weighted by atomic mass is 19.3. The van der Waals surface area contributed by atoms with E-state index in [4.69, 9.17) is 0 Å². The highest BCUT2D eigenvalue weighted by Crippen LogP contribution is 2.33. The molecule has 5 nitrogen and oxygen atoms in total. The third-order valence-corrected chi connectivity index (χ3v) is 4.31. The van der Waals surface area contributed by atoms with E-state index in [1.165, 1.54) is 17.9 Å². The number of esters is 1. The first-order chi connectivity index (χ1) is 12.4. The zero-order chi connectivity index (χ0) is 18.8. The number of nitrogens with zero attached hydrogens (tertiary/aromatic N) is 3. The lowest BCUT2D eigenvalue weighted by molar-refractivity contribution is -0.141. The Hall–Kier alpha value is -2.83.